The maximum absolute atomic E-state index is 11.5. The summed E-state index contributed by atoms with van der Waals surface area (Å²) in [5, 5.41) is 8.59. The summed E-state index contributed by atoms with van der Waals surface area (Å²) in [5.74, 6) is 1.20. The molecule has 2 unspecified atom stereocenters. The van der Waals surface area contributed by atoms with E-state index in [0.717, 1.165) is 25.1 Å². The molecule has 116 valence electrons. The van der Waals surface area contributed by atoms with E-state index in [4.69, 9.17) is 5.14 Å². The predicted molar refractivity (Wildman–Crippen MR) is 86.7 cm³/mol. The van der Waals surface area contributed by atoms with E-state index < -0.39 is 10.0 Å². The van der Waals surface area contributed by atoms with Crippen LogP contribution in [0.25, 0.3) is 0 Å². The van der Waals surface area contributed by atoms with Crippen molar-refractivity contribution in [2.24, 2.45) is 17.0 Å². The van der Waals surface area contributed by atoms with Crippen molar-refractivity contribution in [3.8, 4) is 0 Å². The van der Waals surface area contributed by atoms with Crippen LogP contribution in [0.15, 0.2) is 34.7 Å². The number of nitrogens with one attached hydrogen (secondary N) is 1. The van der Waals surface area contributed by atoms with Crippen molar-refractivity contribution in [3.63, 3.8) is 0 Å². The Labute approximate surface area is 127 Å². The molecule has 3 N–H and O–H groups in total. The van der Waals surface area contributed by atoms with Crippen molar-refractivity contribution in [2.45, 2.75) is 38.5 Å². The lowest BCUT2D eigenvalue weighted by atomic mass is 9.84. The van der Waals surface area contributed by atoms with Crippen LogP contribution in [0.5, 0.6) is 0 Å². The number of rotatable bonds is 4. The van der Waals surface area contributed by atoms with Gasteiger partial charge in [-0.15, -0.1) is 0 Å². The number of hydrogen-bond acceptors (Lipinski definition) is 3. The van der Waals surface area contributed by atoms with Gasteiger partial charge < -0.3 is 5.32 Å². The molecule has 2 atom stereocenters. The fourth-order valence-electron chi connectivity index (χ4n) is 3.12. The van der Waals surface area contributed by atoms with Crippen molar-refractivity contribution in [1.29, 1.82) is 0 Å². The van der Waals surface area contributed by atoms with Crippen molar-refractivity contribution in [1.82, 2.24) is 0 Å². The molecule has 0 spiro atoms. The Morgan fingerprint density at radius 3 is 2.67 bits per heavy atom. The van der Waals surface area contributed by atoms with Gasteiger partial charge in [-0.3, -0.25) is 0 Å². The highest BCUT2D eigenvalue weighted by Gasteiger charge is 2.18. The van der Waals surface area contributed by atoms with Gasteiger partial charge in [-0.05, 0) is 56.2 Å². The molecule has 0 saturated heterocycles. The smallest absolute Gasteiger partial charge is 0.238 e. The monoisotopic (exact) mass is 308 g/mol. The molecule has 0 fully saturated rings. The predicted octanol–water partition coefficient (Wildman–Crippen LogP) is 3.05. The first-order valence-electron chi connectivity index (χ1n) is 7.30. The Bertz CT molecular complexity index is 650. The third-order valence-electron chi connectivity index (χ3n) is 3.97. The molecule has 0 saturated carbocycles. The summed E-state index contributed by atoms with van der Waals surface area (Å²) >= 11 is 0. The van der Waals surface area contributed by atoms with Crippen LogP contribution in [-0.2, 0) is 10.0 Å². The quantitative estimate of drug-likeness (QED) is 0.840. The van der Waals surface area contributed by atoms with Crippen LogP contribution in [0.3, 0.4) is 0 Å². The fraction of sp³-hybridized carbons (Fsp3) is 0.500. The average Bonchev–Trinajstić information content (AvgIpc) is 2.35. The van der Waals surface area contributed by atoms with E-state index in [-0.39, 0.29) is 4.90 Å². The van der Waals surface area contributed by atoms with Gasteiger partial charge in [-0.25, -0.2) is 13.6 Å². The van der Waals surface area contributed by atoms with Crippen molar-refractivity contribution in [2.75, 3.05) is 11.9 Å². The maximum atomic E-state index is 11.5. The second-order valence-electron chi connectivity index (χ2n) is 6.20. The van der Waals surface area contributed by atoms with Crippen LogP contribution in [-0.4, -0.2) is 15.0 Å². The van der Waals surface area contributed by atoms with E-state index in [1.54, 1.807) is 19.1 Å². The normalized spacial score (nSPS) is 22.8. The molecule has 2 rings (SSSR count). The van der Waals surface area contributed by atoms with Crippen molar-refractivity contribution >= 4 is 15.7 Å². The standard InChI is InChI=1S/C16H24N2O2S/c1-11-6-12(2)8-14(7-11)10-18-15-5-4-13(3)16(9-15)21(17,19)20/h4-6,9,11,14,18H,7-8,10H2,1-3H3,(H2,17,19,20). The lowest BCUT2D eigenvalue weighted by Gasteiger charge is -2.26. The van der Waals surface area contributed by atoms with Crippen LogP contribution < -0.4 is 10.5 Å². The maximum Gasteiger partial charge on any atom is 0.238 e. The van der Waals surface area contributed by atoms with Crippen molar-refractivity contribution in [3.05, 3.63) is 35.4 Å². The largest absolute Gasteiger partial charge is 0.385 e. The number of anilines is 1. The Morgan fingerprint density at radius 2 is 2.05 bits per heavy atom. The second kappa shape index (κ2) is 6.20. The van der Waals surface area contributed by atoms with Gasteiger partial charge in [0.15, 0.2) is 0 Å². The molecule has 5 heteroatoms. The summed E-state index contributed by atoms with van der Waals surface area (Å²) in [7, 11) is -3.67. The number of aryl methyl sites for hydroxylation is 1. The first kappa shape index (κ1) is 16.0. The number of allylic oxidation sites excluding steroid dienone is 2. The van der Waals surface area contributed by atoms with E-state index in [0.29, 0.717) is 17.4 Å². The molecule has 0 aromatic heterocycles. The highest BCUT2D eigenvalue weighted by atomic mass is 32.2. The molecule has 0 heterocycles. The first-order chi connectivity index (χ1) is 9.75. The second-order valence-corrected chi connectivity index (χ2v) is 7.73. The molecule has 1 aliphatic carbocycles. The SMILES string of the molecule is CC1=CC(C)CC(CNc2ccc(C)c(S(N)(=O)=O)c2)C1. The topological polar surface area (TPSA) is 72.2 Å². The summed E-state index contributed by atoms with van der Waals surface area (Å²) in [5.41, 5.74) is 2.92. The first-order valence-corrected chi connectivity index (χ1v) is 8.85. The van der Waals surface area contributed by atoms with Gasteiger partial charge in [-0.2, -0.15) is 0 Å². The molecule has 21 heavy (non-hydrogen) atoms. The molecule has 0 amide bonds. The van der Waals surface area contributed by atoms with Crippen LogP contribution in [0.2, 0.25) is 0 Å². The highest BCUT2D eigenvalue weighted by Crippen LogP contribution is 2.28. The number of hydrogen-bond donors (Lipinski definition) is 2. The minimum atomic E-state index is -3.67. The molecule has 1 aromatic rings. The number of nitrogens with two attached hydrogens (primary N) is 1. The number of benzene rings is 1. The molecule has 0 bridgehead atoms. The summed E-state index contributed by atoms with van der Waals surface area (Å²) in [6.45, 7) is 7.01. The Morgan fingerprint density at radius 1 is 1.33 bits per heavy atom. The number of sulfonamides is 1. The van der Waals surface area contributed by atoms with Gasteiger partial charge in [-0.1, -0.05) is 24.6 Å². The zero-order valence-corrected chi connectivity index (χ0v) is 13.7. The molecule has 1 aromatic carbocycles. The molecular weight excluding hydrogens is 284 g/mol. The zero-order valence-electron chi connectivity index (χ0n) is 12.9. The molecule has 0 aliphatic heterocycles. The van der Waals surface area contributed by atoms with E-state index >= 15 is 0 Å². The van der Waals surface area contributed by atoms with Gasteiger partial charge in [0.1, 0.15) is 0 Å². The third-order valence-corrected chi connectivity index (χ3v) is 5.03. The van der Waals surface area contributed by atoms with E-state index in [1.165, 1.54) is 5.57 Å². The minimum absolute atomic E-state index is 0.195. The van der Waals surface area contributed by atoms with Crippen LogP contribution in [0.4, 0.5) is 5.69 Å². The van der Waals surface area contributed by atoms with E-state index in [1.807, 2.05) is 6.07 Å². The van der Waals surface area contributed by atoms with Gasteiger partial charge in [0.2, 0.25) is 10.0 Å². The summed E-state index contributed by atoms with van der Waals surface area (Å²) in [6.07, 6.45) is 4.60. The Hall–Kier alpha value is -1.33. The zero-order chi connectivity index (χ0) is 15.6. The molecular formula is C16H24N2O2S. The lowest BCUT2D eigenvalue weighted by molar-refractivity contribution is 0.421. The Kier molecular flexibility index (Phi) is 4.74. The van der Waals surface area contributed by atoms with Crippen LogP contribution >= 0.6 is 0 Å². The molecule has 0 radical (unpaired) electrons. The van der Waals surface area contributed by atoms with Crippen molar-refractivity contribution < 1.29 is 8.42 Å². The number of primary sulfonamides is 1. The third kappa shape index (κ3) is 4.32. The van der Waals surface area contributed by atoms with Gasteiger partial charge in [0.05, 0.1) is 4.90 Å². The summed E-state index contributed by atoms with van der Waals surface area (Å²) < 4.78 is 23.1. The van der Waals surface area contributed by atoms with E-state index in [9.17, 15) is 8.42 Å². The van der Waals surface area contributed by atoms with Crippen LogP contribution in [0.1, 0.15) is 32.3 Å². The van der Waals surface area contributed by atoms with E-state index in [2.05, 4.69) is 25.2 Å². The van der Waals surface area contributed by atoms with Gasteiger partial charge in [0.25, 0.3) is 0 Å². The summed E-state index contributed by atoms with van der Waals surface area (Å²) in [6, 6.07) is 5.31. The summed E-state index contributed by atoms with van der Waals surface area (Å²) in [4.78, 5) is 0.195. The average molecular weight is 308 g/mol. The Balaban J connectivity index is 2.06. The molecule has 1 aliphatic rings. The van der Waals surface area contributed by atoms with Crippen LogP contribution in [0, 0.1) is 18.8 Å². The van der Waals surface area contributed by atoms with Gasteiger partial charge in [0, 0.05) is 12.2 Å². The van der Waals surface area contributed by atoms with Gasteiger partial charge >= 0.3 is 0 Å². The fourth-order valence-corrected chi connectivity index (χ4v) is 3.93. The molecule has 4 nitrogen and oxygen atoms in total. The highest BCUT2D eigenvalue weighted by molar-refractivity contribution is 7.89. The minimum Gasteiger partial charge on any atom is -0.385 e. The lowest BCUT2D eigenvalue weighted by Crippen LogP contribution is -2.20.